The van der Waals surface area contributed by atoms with E-state index in [4.69, 9.17) is 36.4 Å². The van der Waals surface area contributed by atoms with Crippen molar-refractivity contribution < 1.29 is 38.2 Å². The van der Waals surface area contributed by atoms with Crippen molar-refractivity contribution >= 4 is 73.8 Å². The molecule has 3 aromatic heterocycles. The Morgan fingerprint density at radius 2 is 1.59 bits per heavy atom. The maximum atomic E-state index is 13.7. The molecule has 0 bridgehead atoms. The maximum Gasteiger partial charge on any atom is 0.306 e. The lowest BCUT2D eigenvalue weighted by molar-refractivity contribution is -0.155. The molecule has 7 N–H and O–H groups in total. The summed E-state index contributed by atoms with van der Waals surface area (Å²) in [5.74, 6) is -2.23. The summed E-state index contributed by atoms with van der Waals surface area (Å²) in [7, 11) is 1.46. The number of carbonyl (C=O) groups excluding carboxylic acids is 5. The van der Waals surface area contributed by atoms with Crippen molar-refractivity contribution in [1.82, 2.24) is 23.9 Å². The highest BCUT2D eigenvalue weighted by Crippen LogP contribution is 2.32. The van der Waals surface area contributed by atoms with Crippen LogP contribution >= 0.6 is 11.3 Å². The number of thiazole rings is 1. The van der Waals surface area contributed by atoms with Crippen LogP contribution in [0.15, 0.2) is 64.2 Å². The Hall–Kier alpha value is -7.09. The normalized spacial score (nSPS) is 12.7. The molecule has 0 radical (unpaired) electrons. The van der Waals surface area contributed by atoms with Gasteiger partial charge in [-0.1, -0.05) is 23.5 Å². The smallest absolute Gasteiger partial charge is 0.306 e. The number of hydrogen-bond acceptors (Lipinski definition) is 13. The van der Waals surface area contributed by atoms with Crippen LogP contribution in [-0.2, 0) is 34.0 Å². The molecule has 0 fully saturated rings. The third-order valence-corrected chi connectivity index (χ3v) is 10.1. The number of nitrogens with one attached hydrogen (secondary N) is 1. The number of nitrogens with zero attached hydrogens (tertiary/aromatic N) is 7. The molecule has 0 spiro atoms. The van der Waals surface area contributed by atoms with Crippen LogP contribution in [0.3, 0.4) is 0 Å². The van der Waals surface area contributed by atoms with Gasteiger partial charge in [-0.25, -0.2) is 4.98 Å². The zero-order chi connectivity index (χ0) is 46.2. The standard InChI is InChI=1S/C43H53N11O8S/c1-9-47-29(18-24(3)44)39(58)49-41-48-28-20-26(37(45)56)22-32(61-17-13-14-34(55)62-43(5,6)7)35(28)52(41)15-11-12-16-53-36-31(60-8)21-27(38(46)57)23-33(36)63-42(53)50-40(59)30-19-25(4)51-54(30)10-2/h11-12,18-23H,9-10,13-17,44H2,1-8H3,(H2,45,56)(H2,46,57)(H,48,49,58)/b12-11+,24-18-,47-29?,50-42?. The van der Waals surface area contributed by atoms with Gasteiger partial charge < -0.3 is 40.5 Å². The first-order valence-corrected chi connectivity index (χ1v) is 20.9. The summed E-state index contributed by atoms with van der Waals surface area (Å²) < 4.78 is 23.0. The van der Waals surface area contributed by atoms with Gasteiger partial charge in [0.05, 0.1) is 29.6 Å². The van der Waals surface area contributed by atoms with Crippen molar-refractivity contribution in [3.05, 3.63) is 81.6 Å². The van der Waals surface area contributed by atoms with Crippen LogP contribution in [0.2, 0.25) is 0 Å². The Morgan fingerprint density at radius 1 is 0.921 bits per heavy atom. The fourth-order valence-corrected chi connectivity index (χ4v) is 7.56. The fourth-order valence-electron chi connectivity index (χ4n) is 6.47. The largest absolute Gasteiger partial charge is 0.494 e. The quantitative estimate of drug-likeness (QED) is 0.0411. The third kappa shape index (κ3) is 11.6. The molecule has 0 aliphatic rings. The Bertz CT molecular complexity index is 2740. The number of allylic oxidation sites excluding steroid dienone is 3. The van der Waals surface area contributed by atoms with Crippen LogP contribution in [-0.4, -0.2) is 85.1 Å². The summed E-state index contributed by atoms with van der Waals surface area (Å²) >= 11 is 1.18. The zero-order valence-electron chi connectivity index (χ0n) is 36.6. The lowest BCUT2D eigenvalue weighted by Gasteiger charge is -2.19. The monoisotopic (exact) mass is 883 g/mol. The number of aromatic nitrogens is 5. The molecule has 4 amide bonds. The second kappa shape index (κ2) is 20.2. The molecular formula is C43H53N11O8S. The van der Waals surface area contributed by atoms with Gasteiger partial charge in [-0.2, -0.15) is 10.1 Å². The molecule has 5 rings (SSSR count). The van der Waals surface area contributed by atoms with Crippen LogP contribution < -0.4 is 36.8 Å². The van der Waals surface area contributed by atoms with E-state index in [0.717, 1.165) is 0 Å². The number of nitrogens with two attached hydrogens (primary N) is 3. The van der Waals surface area contributed by atoms with Gasteiger partial charge >= 0.3 is 5.97 Å². The highest BCUT2D eigenvalue weighted by atomic mass is 32.1. The zero-order valence-corrected chi connectivity index (χ0v) is 37.4. The number of imidazole rings is 1. The van der Waals surface area contributed by atoms with E-state index in [-0.39, 0.29) is 66.1 Å². The van der Waals surface area contributed by atoms with Gasteiger partial charge in [-0.05, 0) is 91.3 Å². The molecule has 0 aliphatic heterocycles. The number of primary amides is 2. The lowest BCUT2D eigenvalue weighted by Crippen LogP contribution is -2.24. The number of anilines is 1. The van der Waals surface area contributed by atoms with E-state index >= 15 is 0 Å². The predicted molar refractivity (Wildman–Crippen MR) is 240 cm³/mol. The molecule has 3 heterocycles. The lowest BCUT2D eigenvalue weighted by atomic mass is 10.1. The number of aliphatic imine (C=N–C) groups is 1. The van der Waals surface area contributed by atoms with Crippen LogP contribution in [0.1, 0.15) is 91.3 Å². The number of esters is 1. The third-order valence-electron chi connectivity index (χ3n) is 9.05. The number of rotatable bonds is 18. The number of ether oxygens (including phenoxy) is 3. The van der Waals surface area contributed by atoms with E-state index in [1.165, 1.54) is 42.7 Å². The van der Waals surface area contributed by atoms with Gasteiger partial charge in [0.15, 0.2) is 4.80 Å². The molecule has 2 aromatic carbocycles. The highest BCUT2D eigenvalue weighted by molar-refractivity contribution is 7.16. The molecule has 0 unspecified atom stereocenters. The molecular weight excluding hydrogens is 831 g/mol. The fraction of sp³-hybridized carbons (Fsp3) is 0.372. The molecule has 334 valence electrons. The first-order chi connectivity index (χ1) is 29.8. The second-order valence-corrected chi connectivity index (χ2v) is 16.3. The number of amides is 4. The Balaban J connectivity index is 1.60. The minimum Gasteiger partial charge on any atom is -0.494 e. The predicted octanol–water partition coefficient (Wildman–Crippen LogP) is 4.54. The molecule has 63 heavy (non-hydrogen) atoms. The summed E-state index contributed by atoms with van der Waals surface area (Å²) in [4.78, 5) is 78.3. The van der Waals surface area contributed by atoms with E-state index in [0.29, 0.717) is 62.9 Å². The number of fused-ring (bicyclic) bond motifs is 2. The number of benzene rings is 2. The maximum absolute atomic E-state index is 13.7. The second-order valence-electron chi connectivity index (χ2n) is 15.3. The van der Waals surface area contributed by atoms with Crippen molar-refractivity contribution in [3.8, 4) is 11.5 Å². The SMILES string of the molecule is CCN=C(/C=C(/C)N)C(=O)Nc1nc2cc(C(N)=O)cc(OCCCC(=O)OC(C)(C)C)c2n1C/C=C/Cn1c(=NC(=O)c2cc(C)nn2CC)sc2cc(C(N)=O)cc(OC)c21. The van der Waals surface area contributed by atoms with Gasteiger partial charge in [0, 0.05) is 49.4 Å². The van der Waals surface area contributed by atoms with E-state index in [1.54, 1.807) is 73.6 Å². The topological polar surface area (TPSA) is 268 Å². The minimum absolute atomic E-state index is 0.0674. The number of aryl methyl sites for hydroxylation is 2. The van der Waals surface area contributed by atoms with Crippen molar-refractivity contribution in [2.45, 2.75) is 86.5 Å². The molecule has 19 nitrogen and oxygen atoms in total. The summed E-state index contributed by atoms with van der Waals surface area (Å²) in [6.45, 7) is 13.5. The first-order valence-electron chi connectivity index (χ1n) is 20.1. The van der Waals surface area contributed by atoms with E-state index in [2.05, 4.69) is 20.4 Å². The Kier molecular flexibility index (Phi) is 15.1. The summed E-state index contributed by atoms with van der Waals surface area (Å²) in [5.41, 5.74) is 19.6. The van der Waals surface area contributed by atoms with Crippen LogP contribution in [0.25, 0.3) is 21.3 Å². The van der Waals surface area contributed by atoms with E-state index < -0.39 is 29.2 Å². The molecule has 0 atom stereocenters. The summed E-state index contributed by atoms with van der Waals surface area (Å²) in [6, 6.07) is 7.78. The molecule has 20 heteroatoms. The number of carbonyl (C=O) groups is 5. The van der Waals surface area contributed by atoms with Gasteiger partial charge in [0.2, 0.25) is 17.8 Å². The molecule has 0 aliphatic carbocycles. The highest BCUT2D eigenvalue weighted by Gasteiger charge is 2.22. The Morgan fingerprint density at radius 3 is 2.21 bits per heavy atom. The van der Waals surface area contributed by atoms with Crippen LogP contribution in [0.4, 0.5) is 5.95 Å². The first kappa shape index (κ1) is 47.0. The van der Waals surface area contributed by atoms with Gasteiger partial charge in [0.25, 0.3) is 11.8 Å². The van der Waals surface area contributed by atoms with Crippen LogP contribution in [0.5, 0.6) is 11.5 Å². The van der Waals surface area contributed by atoms with Crippen molar-refractivity contribution in [2.24, 2.45) is 27.2 Å². The summed E-state index contributed by atoms with van der Waals surface area (Å²) in [5, 5.41) is 7.22. The van der Waals surface area contributed by atoms with E-state index in [1.807, 2.05) is 13.0 Å². The summed E-state index contributed by atoms with van der Waals surface area (Å²) in [6.07, 6.45) is 5.45. The van der Waals surface area contributed by atoms with Crippen molar-refractivity contribution in [1.29, 1.82) is 0 Å². The number of hydrogen-bond donors (Lipinski definition) is 4. The van der Waals surface area contributed by atoms with Gasteiger partial charge in [0.1, 0.15) is 39.5 Å². The van der Waals surface area contributed by atoms with Gasteiger partial charge in [-0.15, -0.1) is 0 Å². The molecule has 0 saturated heterocycles. The van der Waals surface area contributed by atoms with Gasteiger partial charge in [-0.3, -0.25) is 39.0 Å². The van der Waals surface area contributed by atoms with Crippen molar-refractivity contribution in [2.75, 3.05) is 25.6 Å². The minimum atomic E-state index is -0.733. The average Bonchev–Trinajstić information content (AvgIpc) is 3.88. The Labute approximate surface area is 367 Å². The van der Waals surface area contributed by atoms with Crippen LogP contribution in [0, 0.1) is 6.92 Å². The molecule has 0 saturated carbocycles. The molecule has 5 aromatic rings. The average molecular weight is 884 g/mol. The number of methoxy groups -OCH3 is 1. The van der Waals surface area contributed by atoms with Crippen molar-refractivity contribution in [3.63, 3.8) is 0 Å². The van der Waals surface area contributed by atoms with E-state index in [9.17, 15) is 24.0 Å².